The molecule has 0 spiro atoms. The summed E-state index contributed by atoms with van der Waals surface area (Å²) in [6, 6.07) is 62.8. The van der Waals surface area contributed by atoms with Crippen LogP contribution in [0.4, 0.5) is 17.1 Å². The minimum absolute atomic E-state index is 0.0363. The molecule has 0 atom stereocenters. The number of anilines is 3. The van der Waals surface area contributed by atoms with E-state index < -0.39 is 0 Å². The van der Waals surface area contributed by atoms with Gasteiger partial charge in [0.15, 0.2) is 0 Å². The van der Waals surface area contributed by atoms with E-state index in [9.17, 15) is 0 Å². The summed E-state index contributed by atoms with van der Waals surface area (Å²) in [4.78, 5) is 2.29. The first-order valence-corrected chi connectivity index (χ1v) is 16.5. The largest absolute Gasteiger partial charge is 0.458 e. The van der Waals surface area contributed by atoms with Gasteiger partial charge in [0.2, 0.25) is 0 Å². The zero-order valence-corrected chi connectivity index (χ0v) is 26.1. The van der Waals surface area contributed by atoms with Crippen LogP contribution < -0.4 is 26.0 Å². The molecule has 0 unspecified atom stereocenters. The van der Waals surface area contributed by atoms with E-state index in [1.54, 1.807) is 0 Å². The molecule has 0 fully saturated rings. The van der Waals surface area contributed by atoms with Gasteiger partial charge in [-0.15, -0.1) is 0 Å². The molecule has 48 heavy (non-hydrogen) atoms. The van der Waals surface area contributed by atoms with Gasteiger partial charge in [-0.25, -0.2) is 0 Å². The fraction of sp³-hybridized carbons (Fsp3) is 0. The lowest BCUT2D eigenvalue weighted by atomic mass is 9.34. The lowest BCUT2D eigenvalue weighted by molar-refractivity contribution is 0.487. The van der Waals surface area contributed by atoms with E-state index in [2.05, 4.69) is 185 Å². The highest BCUT2D eigenvalue weighted by Crippen LogP contribution is 2.45. The second-order valence-corrected chi connectivity index (χ2v) is 12.5. The Balaban J connectivity index is 1.23. The van der Waals surface area contributed by atoms with Crippen molar-refractivity contribution < 1.29 is 4.74 Å². The van der Waals surface area contributed by atoms with Crippen LogP contribution >= 0.6 is 0 Å². The smallest absolute Gasteiger partial charge is 0.256 e. The summed E-state index contributed by atoms with van der Waals surface area (Å²) in [6.07, 6.45) is 0. The topological polar surface area (TPSA) is 17.4 Å². The van der Waals surface area contributed by atoms with Crippen molar-refractivity contribution in [2.24, 2.45) is 0 Å². The first kappa shape index (κ1) is 26.9. The Kier molecular flexibility index (Phi) is 5.97. The Morgan fingerprint density at radius 1 is 0.479 bits per heavy atom. The van der Waals surface area contributed by atoms with E-state index in [0.29, 0.717) is 0 Å². The Morgan fingerprint density at radius 3 is 1.79 bits per heavy atom. The molecule has 10 rings (SSSR count). The van der Waals surface area contributed by atoms with Gasteiger partial charge in [-0.05, 0) is 70.0 Å². The molecule has 0 aliphatic carbocycles. The number of rotatable bonds is 5. The minimum atomic E-state index is 0.0363. The molecule has 0 saturated carbocycles. The van der Waals surface area contributed by atoms with Crippen LogP contribution in [0.1, 0.15) is 0 Å². The molecule has 0 radical (unpaired) electrons. The molecule has 8 aromatic rings. The second-order valence-electron chi connectivity index (χ2n) is 12.5. The van der Waals surface area contributed by atoms with Crippen molar-refractivity contribution in [3.63, 3.8) is 0 Å². The second kappa shape index (κ2) is 10.6. The number of para-hydroxylation sites is 3. The van der Waals surface area contributed by atoms with Crippen LogP contribution in [0, 0.1) is 0 Å². The third kappa shape index (κ3) is 3.96. The maximum absolute atomic E-state index is 6.89. The molecular weight excluding hydrogens is 583 g/mol. The fourth-order valence-corrected chi connectivity index (χ4v) is 7.90. The summed E-state index contributed by atoms with van der Waals surface area (Å²) in [7, 11) is 0. The monoisotopic (exact) mass is 612 g/mol. The lowest BCUT2D eigenvalue weighted by Gasteiger charge is -2.34. The van der Waals surface area contributed by atoms with E-state index >= 15 is 0 Å². The number of nitrogens with zero attached hydrogens (tertiary/aromatic N) is 2. The molecule has 1 aromatic heterocycles. The normalized spacial score (nSPS) is 12.3. The molecule has 0 amide bonds. The summed E-state index contributed by atoms with van der Waals surface area (Å²) >= 11 is 0. The van der Waals surface area contributed by atoms with Gasteiger partial charge >= 0.3 is 0 Å². The zero-order chi connectivity index (χ0) is 31.6. The van der Waals surface area contributed by atoms with Crippen LogP contribution in [0.3, 0.4) is 0 Å². The van der Waals surface area contributed by atoms with Crippen LogP contribution in [0.2, 0.25) is 0 Å². The van der Waals surface area contributed by atoms with E-state index in [0.717, 1.165) is 28.6 Å². The Hall–Kier alpha value is -6.26. The number of benzene rings is 7. The van der Waals surface area contributed by atoms with E-state index in [1.165, 1.54) is 55.4 Å². The average molecular weight is 613 g/mol. The summed E-state index contributed by atoms with van der Waals surface area (Å²) < 4.78 is 9.39. The van der Waals surface area contributed by atoms with Gasteiger partial charge in [-0.2, -0.15) is 0 Å². The van der Waals surface area contributed by atoms with Crippen LogP contribution in [-0.2, 0) is 0 Å². The van der Waals surface area contributed by atoms with E-state index in [-0.39, 0.29) is 6.71 Å². The van der Waals surface area contributed by atoms with Crippen molar-refractivity contribution in [1.82, 2.24) is 4.57 Å². The number of fused-ring (bicyclic) bond motifs is 4. The summed E-state index contributed by atoms with van der Waals surface area (Å²) in [5.74, 6) is 1.80. The first-order chi connectivity index (χ1) is 23.8. The molecule has 0 bridgehead atoms. The SMILES string of the molecule is c1ccc(-c2c(-c3ccccc3)n3c4c(cccc24)B2c4ccc(N(c5ccccc5)c5ccccc5)cc4Oc4cccc-3c42)cc1. The van der Waals surface area contributed by atoms with E-state index in [1.807, 2.05) is 0 Å². The Morgan fingerprint density at radius 2 is 1.10 bits per heavy atom. The number of ether oxygens (including phenoxy) is 1. The van der Waals surface area contributed by atoms with Gasteiger partial charge in [0.05, 0.1) is 5.69 Å². The maximum atomic E-state index is 6.89. The first-order valence-electron chi connectivity index (χ1n) is 16.5. The maximum Gasteiger partial charge on any atom is 0.256 e. The molecule has 7 aromatic carbocycles. The summed E-state index contributed by atoms with van der Waals surface area (Å²) in [6.45, 7) is 0.0363. The zero-order valence-electron chi connectivity index (χ0n) is 26.1. The average Bonchev–Trinajstić information content (AvgIpc) is 3.51. The standard InChI is InChI=1S/C44H29BN2O/c1-5-15-30(16-6-1)41-35-23-13-24-37-44(35)47(43(41)31-17-7-2-8-18-31)38-25-14-26-39-42(38)45(37)36-28-27-34(29-40(36)48-39)46(32-19-9-3-10-20-32)33-21-11-4-12-22-33/h1-29H. The molecule has 2 aliphatic rings. The van der Waals surface area contributed by atoms with Gasteiger partial charge in [0.1, 0.15) is 11.5 Å². The van der Waals surface area contributed by atoms with Crippen molar-refractivity contribution in [1.29, 1.82) is 0 Å². The van der Waals surface area contributed by atoms with Gasteiger partial charge < -0.3 is 14.2 Å². The molecule has 3 heterocycles. The van der Waals surface area contributed by atoms with Crippen LogP contribution in [0.25, 0.3) is 39.0 Å². The van der Waals surface area contributed by atoms with Crippen molar-refractivity contribution >= 4 is 51.1 Å². The summed E-state index contributed by atoms with van der Waals surface area (Å²) in [5, 5.41) is 1.26. The minimum Gasteiger partial charge on any atom is -0.458 e. The molecule has 0 N–H and O–H groups in total. The Bertz CT molecular complexity index is 2430. The third-order valence-electron chi connectivity index (χ3n) is 9.83. The Labute approximate surface area is 280 Å². The number of aromatic nitrogens is 1. The fourth-order valence-electron chi connectivity index (χ4n) is 7.90. The number of hydrogen-bond donors (Lipinski definition) is 0. The highest BCUT2D eigenvalue weighted by molar-refractivity contribution is 6.99. The lowest BCUT2D eigenvalue weighted by Crippen LogP contribution is -2.58. The molecular formula is C44H29BN2O. The highest BCUT2D eigenvalue weighted by Gasteiger charge is 2.41. The van der Waals surface area contributed by atoms with Crippen LogP contribution in [0.5, 0.6) is 11.5 Å². The van der Waals surface area contributed by atoms with Gasteiger partial charge in [-0.1, -0.05) is 127 Å². The van der Waals surface area contributed by atoms with Gasteiger partial charge in [0, 0.05) is 45.3 Å². The molecule has 0 saturated heterocycles. The number of hydrogen-bond acceptors (Lipinski definition) is 2. The predicted molar refractivity (Wildman–Crippen MR) is 200 cm³/mol. The molecule has 3 nitrogen and oxygen atoms in total. The summed E-state index contributed by atoms with van der Waals surface area (Å²) in [5.41, 5.74) is 14.3. The molecule has 224 valence electrons. The van der Waals surface area contributed by atoms with Crippen molar-refractivity contribution in [2.75, 3.05) is 4.90 Å². The van der Waals surface area contributed by atoms with Gasteiger partial charge in [0.25, 0.3) is 6.71 Å². The predicted octanol–water partition coefficient (Wildman–Crippen LogP) is 9.37. The van der Waals surface area contributed by atoms with Crippen LogP contribution in [-0.4, -0.2) is 11.3 Å². The van der Waals surface area contributed by atoms with Crippen molar-refractivity contribution in [2.45, 2.75) is 0 Å². The highest BCUT2D eigenvalue weighted by atomic mass is 16.5. The van der Waals surface area contributed by atoms with Crippen molar-refractivity contribution in [3.8, 4) is 39.6 Å². The van der Waals surface area contributed by atoms with E-state index in [4.69, 9.17) is 4.74 Å². The third-order valence-corrected chi connectivity index (χ3v) is 9.83. The van der Waals surface area contributed by atoms with Crippen LogP contribution in [0.15, 0.2) is 176 Å². The quantitative estimate of drug-likeness (QED) is 0.180. The molecule has 2 aliphatic heterocycles. The molecule has 4 heteroatoms. The van der Waals surface area contributed by atoms with Gasteiger partial charge in [-0.3, -0.25) is 0 Å². The van der Waals surface area contributed by atoms with Crippen molar-refractivity contribution in [3.05, 3.63) is 176 Å².